The van der Waals surface area contributed by atoms with Crippen LogP contribution in [-0.4, -0.2) is 24.1 Å². The van der Waals surface area contributed by atoms with E-state index in [1.54, 1.807) is 6.07 Å². The monoisotopic (exact) mass is 278 g/mol. The standard InChI is InChI=1S/C13H11FN2O4/c1-19-13(18)10-3-2-8(6-11(10)14)15-12(17)7-9-4-5-20-16-9/h2-6H,7H2,1H3,(H,15,17). The van der Waals surface area contributed by atoms with Crippen molar-refractivity contribution in [3.05, 3.63) is 47.6 Å². The number of hydrogen-bond donors (Lipinski definition) is 1. The third-order valence-corrected chi connectivity index (χ3v) is 2.49. The van der Waals surface area contributed by atoms with E-state index in [-0.39, 0.29) is 23.6 Å². The second-order valence-electron chi connectivity index (χ2n) is 3.90. The maximum Gasteiger partial charge on any atom is 0.340 e. The van der Waals surface area contributed by atoms with Gasteiger partial charge in [0.25, 0.3) is 0 Å². The Bertz CT molecular complexity index is 625. The first-order valence-corrected chi connectivity index (χ1v) is 5.67. The van der Waals surface area contributed by atoms with E-state index in [0.717, 1.165) is 13.2 Å². The molecule has 2 rings (SSSR count). The average molecular weight is 278 g/mol. The number of aromatic nitrogens is 1. The van der Waals surface area contributed by atoms with Crippen molar-refractivity contribution >= 4 is 17.6 Å². The lowest BCUT2D eigenvalue weighted by Gasteiger charge is -2.06. The molecule has 0 atom stereocenters. The van der Waals surface area contributed by atoms with Crippen LogP contribution in [0.2, 0.25) is 0 Å². The van der Waals surface area contributed by atoms with Crippen LogP contribution in [0, 0.1) is 5.82 Å². The van der Waals surface area contributed by atoms with Crippen LogP contribution < -0.4 is 5.32 Å². The third kappa shape index (κ3) is 3.19. The lowest BCUT2D eigenvalue weighted by molar-refractivity contribution is -0.115. The Hall–Kier alpha value is -2.70. The zero-order valence-electron chi connectivity index (χ0n) is 10.6. The summed E-state index contributed by atoms with van der Waals surface area (Å²) in [5, 5.41) is 6.09. The van der Waals surface area contributed by atoms with Gasteiger partial charge in [0.2, 0.25) is 5.91 Å². The number of ether oxygens (including phenoxy) is 1. The lowest BCUT2D eigenvalue weighted by Crippen LogP contribution is -2.15. The molecule has 0 saturated carbocycles. The zero-order valence-corrected chi connectivity index (χ0v) is 10.6. The van der Waals surface area contributed by atoms with Gasteiger partial charge in [-0.1, -0.05) is 5.16 Å². The van der Waals surface area contributed by atoms with Gasteiger partial charge in [0, 0.05) is 11.8 Å². The fourth-order valence-electron chi connectivity index (χ4n) is 1.57. The first-order valence-electron chi connectivity index (χ1n) is 5.67. The molecule has 0 aliphatic heterocycles. The van der Waals surface area contributed by atoms with Gasteiger partial charge in [0.1, 0.15) is 12.1 Å². The second kappa shape index (κ2) is 5.96. The van der Waals surface area contributed by atoms with Crippen LogP contribution in [0.4, 0.5) is 10.1 Å². The minimum absolute atomic E-state index is 0.0108. The van der Waals surface area contributed by atoms with Crippen LogP contribution in [0.1, 0.15) is 16.1 Å². The summed E-state index contributed by atoms with van der Waals surface area (Å²) < 4.78 is 22.7. The van der Waals surface area contributed by atoms with Crippen LogP contribution >= 0.6 is 0 Å². The highest BCUT2D eigenvalue weighted by atomic mass is 19.1. The molecule has 0 aliphatic rings. The molecular weight excluding hydrogens is 267 g/mol. The van der Waals surface area contributed by atoms with E-state index >= 15 is 0 Å². The van der Waals surface area contributed by atoms with Gasteiger partial charge in [-0.25, -0.2) is 9.18 Å². The second-order valence-corrected chi connectivity index (χ2v) is 3.90. The first-order chi connectivity index (χ1) is 9.60. The molecule has 1 N–H and O–H groups in total. The summed E-state index contributed by atoms with van der Waals surface area (Å²) in [6.07, 6.45) is 1.37. The fraction of sp³-hybridized carbons (Fsp3) is 0.154. The van der Waals surface area contributed by atoms with E-state index in [2.05, 4.69) is 19.7 Å². The summed E-state index contributed by atoms with van der Waals surface area (Å²) in [6.45, 7) is 0. The molecule has 7 heteroatoms. The van der Waals surface area contributed by atoms with Gasteiger partial charge in [-0.15, -0.1) is 0 Å². The van der Waals surface area contributed by atoms with Gasteiger partial charge < -0.3 is 14.6 Å². The molecule has 0 aliphatic carbocycles. The summed E-state index contributed by atoms with van der Waals surface area (Å²) in [6, 6.07) is 5.26. The molecule has 0 radical (unpaired) electrons. The van der Waals surface area contributed by atoms with E-state index in [9.17, 15) is 14.0 Å². The molecule has 6 nitrogen and oxygen atoms in total. The van der Waals surface area contributed by atoms with Crippen molar-refractivity contribution in [2.45, 2.75) is 6.42 Å². The van der Waals surface area contributed by atoms with Crippen LogP contribution in [0.3, 0.4) is 0 Å². The van der Waals surface area contributed by atoms with Gasteiger partial charge >= 0.3 is 5.97 Å². The van der Waals surface area contributed by atoms with E-state index in [1.807, 2.05) is 0 Å². The Labute approximate surface area is 113 Å². The van der Waals surface area contributed by atoms with Crippen molar-refractivity contribution in [3.8, 4) is 0 Å². The van der Waals surface area contributed by atoms with Crippen molar-refractivity contribution < 1.29 is 23.2 Å². The maximum atomic E-state index is 13.6. The number of nitrogens with one attached hydrogen (secondary N) is 1. The number of amides is 1. The predicted octanol–water partition coefficient (Wildman–Crippen LogP) is 1.78. The smallest absolute Gasteiger partial charge is 0.340 e. The Morgan fingerprint density at radius 2 is 2.20 bits per heavy atom. The maximum absolute atomic E-state index is 13.6. The molecule has 1 aromatic carbocycles. The van der Waals surface area contributed by atoms with E-state index in [1.165, 1.54) is 18.4 Å². The van der Waals surface area contributed by atoms with Gasteiger partial charge in [-0.2, -0.15) is 0 Å². The first kappa shape index (κ1) is 13.7. The minimum Gasteiger partial charge on any atom is -0.465 e. The number of benzene rings is 1. The summed E-state index contributed by atoms with van der Waals surface area (Å²) in [7, 11) is 1.16. The number of hydrogen-bond acceptors (Lipinski definition) is 5. The highest BCUT2D eigenvalue weighted by Gasteiger charge is 2.13. The summed E-state index contributed by atoms with van der Waals surface area (Å²) in [5.41, 5.74) is 0.514. The Kier molecular flexibility index (Phi) is 4.09. The van der Waals surface area contributed by atoms with Crippen LogP contribution in [0.5, 0.6) is 0 Å². The highest BCUT2D eigenvalue weighted by Crippen LogP contribution is 2.15. The van der Waals surface area contributed by atoms with Gasteiger partial charge in [0.05, 0.1) is 24.8 Å². The van der Waals surface area contributed by atoms with Crippen molar-refractivity contribution in [1.29, 1.82) is 0 Å². The highest BCUT2D eigenvalue weighted by molar-refractivity contribution is 5.94. The molecule has 0 bridgehead atoms. The molecule has 1 heterocycles. The Morgan fingerprint density at radius 1 is 1.40 bits per heavy atom. The van der Waals surface area contributed by atoms with Crippen LogP contribution in [0.15, 0.2) is 35.1 Å². The molecule has 1 amide bonds. The number of nitrogens with zero attached hydrogens (tertiary/aromatic N) is 1. The molecule has 1 aromatic heterocycles. The van der Waals surface area contributed by atoms with E-state index < -0.39 is 11.8 Å². The van der Waals surface area contributed by atoms with Gasteiger partial charge in [-0.05, 0) is 18.2 Å². The number of esters is 1. The SMILES string of the molecule is COC(=O)c1ccc(NC(=O)Cc2ccon2)cc1F. The molecule has 0 spiro atoms. The summed E-state index contributed by atoms with van der Waals surface area (Å²) in [4.78, 5) is 22.9. The van der Waals surface area contributed by atoms with E-state index in [4.69, 9.17) is 0 Å². The number of carbonyl (C=O) groups is 2. The number of rotatable bonds is 4. The largest absolute Gasteiger partial charge is 0.465 e. The number of methoxy groups -OCH3 is 1. The van der Waals surface area contributed by atoms with Crippen molar-refractivity contribution in [2.75, 3.05) is 12.4 Å². The number of halogens is 1. The van der Waals surface area contributed by atoms with Gasteiger partial charge in [-0.3, -0.25) is 4.79 Å². The summed E-state index contributed by atoms with van der Waals surface area (Å²) in [5.74, 6) is -1.91. The van der Waals surface area contributed by atoms with Crippen LogP contribution in [-0.2, 0) is 16.0 Å². The molecule has 2 aromatic rings. The Balaban J connectivity index is 2.05. The third-order valence-electron chi connectivity index (χ3n) is 2.49. The lowest BCUT2D eigenvalue weighted by atomic mass is 10.2. The van der Waals surface area contributed by atoms with Crippen molar-refractivity contribution in [1.82, 2.24) is 5.16 Å². The van der Waals surface area contributed by atoms with Crippen LogP contribution in [0.25, 0.3) is 0 Å². The van der Waals surface area contributed by atoms with Crippen molar-refractivity contribution in [2.24, 2.45) is 0 Å². The molecular formula is C13H11FN2O4. The topological polar surface area (TPSA) is 81.4 Å². The van der Waals surface area contributed by atoms with Gasteiger partial charge in [0.15, 0.2) is 0 Å². The predicted molar refractivity (Wildman–Crippen MR) is 66.6 cm³/mol. The quantitative estimate of drug-likeness (QED) is 0.862. The summed E-state index contributed by atoms with van der Waals surface area (Å²) >= 11 is 0. The number of carbonyl (C=O) groups excluding carboxylic acids is 2. The fourth-order valence-corrected chi connectivity index (χ4v) is 1.57. The molecule has 0 saturated heterocycles. The molecule has 0 unspecified atom stereocenters. The zero-order chi connectivity index (χ0) is 14.5. The van der Waals surface area contributed by atoms with E-state index in [0.29, 0.717) is 5.69 Å². The minimum atomic E-state index is -0.775. The Morgan fingerprint density at radius 3 is 2.80 bits per heavy atom. The average Bonchev–Trinajstić information content (AvgIpc) is 2.90. The van der Waals surface area contributed by atoms with Crippen molar-refractivity contribution in [3.63, 3.8) is 0 Å². The molecule has 20 heavy (non-hydrogen) atoms. The molecule has 0 fully saturated rings. The molecule has 104 valence electrons. The number of anilines is 1. The normalized spacial score (nSPS) is 10.1.